The molecule has 1 atom stereocenters. The van der Waals surface area contributed by atoms with Crippen molar-refractivity contribution < 1.29 is 4.74 Å². The maximum absolute atomic E-state index is 5.60. The average Bonchev–Trinajstić information content (AvgIpc) is 2.73. The van der Waals surface area contributed by atoms with E-state index in [1.807, 2.05) is 0 Å². The third-order valence-corrected chi connectivity index (χ3v) is 5.08. The van der Waals surface area contributed by atoms with Crippen molar-refractivity contribution in [3.05, 3.63) is 0 Å². The van der Waals surface area contributed by atoms with E-state index in [0.29, 0.717) is 11.5 Å². The molecule has 16 heavy (non-hydrogen) atoms. The summed E-state index contributed by atoms with van der Waals surface area (Å²) in [6, 6.07) is 0.707. The minimum atomic E-state index is 0.485. The van der Waals surface area contributed by atoms with Crippen molar-refractivity contribution in [2.24, 2.45) is 11.3 Å². The lowest BCUT2D eigenvalue weighted by atomic mass is 9.66. The Morgan fingerprint density at radius 2 is 2.00 bits per heavy atom. The molecule has 0 radical (unpaired) electrons. The van der Waals surface area contributed by atoms with Crippen LogP contribution in [0.2, 0.25) is 0 Å². The van der Waals surface area contributed by atoms with E-state index in [1.54, 1.807) is 0 Å². The first-order valence-corrected chi connectivity index (χ1v) is 6.82. The number of hydrogen-bond donors (Lipinski definition) is 1. The zero-order valence-electron chi connectivity index (χ0n) is 10.4. The Bertz CT molecular complexity index is 246. The van der Waals surface area contributed by atoms with Crippen LogP contribution in [0.3, 0.4) is 0 Å². The van der Waals surface area contributed by atoms with Gasteiger partial charge < -0.3 is 15.0 Å². The van der Waals surface area contributed by atoms with Crippen molar-refractivity contribution in [2.75, 3.05) is 39.9 Å². The van der Waals surface area contributed by atoms with Crippen LogP contribution < -0.4 is 5.32 Å². The smallest absolute Gasteiger partial charge is 0.0563 e. The van der Waals surface area contributed by atoms with Gasteiger partial charge in [0.2, 0.25) is 0 Å². The van der Waals surface area contributed by atoms with E-state index >= 15 is 0 Å². The first kappa shape index (κ1) is 11.0. The number of piperazine rings is 1. The second-order valence-corrected chi connectivity index (χ2v) is 5.91. The van der Waals surface area contributed by atoms with Crippen LogP contribution >= 0.6 is 0 Å². The van der Waals surface area contributed by atoms with Crippen molar-refractivity contribution in [2.45, 2.75) is 31.7 Å². The van der Waals surface area contributed by atoms with Crippen molar-refractivity contribution in [1.29, 1.82) is 0 Å². The van der Waals surface area contributed by atoms with Crippen LogP contribution in [0.4, 0.5) is 0 Å². The van der Waals surface area contributed by atoms with Gasteiger partial charge in [0.15, 0.2) is 0 Å². The Kier molecular flexibility index (Phi) is 2.94. The molecule has 3 nitrogen and oxygen atoms in total. The monoisotopic (exact) mass is 224 g/mol. The summed E-state index contributed by atoms with van der Waals surface area (Å²) in [5.41, 5.74) is 0.485. The minimum absolute atomic E-state index is 0.485. The molecule has 3 heteroatoms. The van der Waals surface area contributed by atoms with Crippen LogP contribution in [0.1, 0.15) is 25.7 Å². The van der Waals surface area contributed by atoms with Crippen molar-refractivity contribution in [1.82, 2.24) is 10.2 Å². The molecule has 0 aromatic rings. The predicted molar refractivity (Wildman–Crippen MR) is 64.5 cm³/mol. The lowest BCUT2D eigenvalue weighted by Gasteiger charge is -2.55. The molecule has 1 N–H and O–H groups in total. The molecular weight excluding hydrogens is 200 g/mol. The summed E-state index contributed by atoms with van der Waals surface area (Å²) >= 11 is 0. The molecule has 0 spiro atoms. The number of likely N-dealkylation sites (N-methyl/N-ethyl adjacent to an activating group) is 1. The summed E-state index contributed by atoms with van der Waals surface area (Å²) in [6.07, 6.45) is 5.76. The van der Waals surface area contributed by atoms with Gasteiger partial charge in [0.25, 0.3) is 0 Å². The Morgan fingerprint density at radius 1 is 1.25 bits per heavy atom. The lowest BCUT2D eigenvalue weighted by molar-refractivity contribution is -0.184. The highest BCUT2D eigenvalue weighted by atomic mass is 16.5. The van der Waals surface area contributed by atoms with Gasteiger partial charge in [-0.05, 0) is 25.8 Å². The summed E-state index contributed by atoms with van der Waals surface area (Å²) < 4.78 is 5.60. The van der Waals surface area contributed by atoms with E-state index in [-0.39, 0.29) is 0 Å². The van der Waals surface area contributed by atoms with Crippen LogP contribution in [-0.2, 0) is 4.74 Å². The Morgan fingerprint density at radius 3 is 2.56 bits per heavy atom. The number of rotatable bonds is 2. The van der Waals surface area contributed by atoms with Gasteiger partial charge in [0.1, 0.15) is 0 Å². The zero-order valence-corrected chi connectivity index (χ0v) is 10.4. The first-order chi connectivity index (χ1) is 7.83. The van der Waals surface area contributed by atoms with Crippen molar-refractivity contribution in [3.8, 4) is 0 Å². The molecule has 1 unspecified atom stereocenters. The Labute approximate surface area is 98.5 Å². The van der Waals surface area contributed by atoms with E-state index in [4.69, 9.17) is 4.74 Å². The second kappa shape index (κ2) is 4.28. The number of ether oxygens (including phenoxy) is 1. The number of hydrogen-bond acceptors (Lipinski definition) is 3. The third kappa shape index (κ3) is 1.60. The molecule has 3 aliphatic rings. The van der Waals surface area contributed by atoms with Gasteiger partial charge in [-0.1, -0.05) is 12.8 Å². The van der Waals surface area contributed by atoms with Gasteiger partial charge in [-0.25, -0.2) is 0 Å². The molecular formula is C13H24N2O. The minimum Gasteiger partial charge on any atom is -0.380 e. The molecule has 1 saturated carbocycles. The molecule has 2 aliphatic heterocycles. The molecule has 2 heterocycles. The highest BCUT2D eigenvalue weighted by molar-refractivity contribution is 5.04. The summed E-state index contributed by atoms with van der Waals surface area (Å²) in [6.45, 7) is 5.52. The number of nitrogens with one attached hydrogen (secondary N) is 1. The Balaban J connectivity index is 1.77. The topological polar surface area (TPSA) is 24.5 Å². The highest BCUT2D eigenvalue weighted by Crippen LogP contribution is 2.48. The molecule has 3 rings (SSSR count). The maximum atomic E-state index is 5.60. The molecule has 92 valence electrons. The molecule has 1 aliphatic carbocycles. The van der Waals surface area contributed by atoms with Crippen LogP contribution in [-0.4, -0.2) is 50.8 Å². The van der Waals surface area contributed by atoms with Crippen LogP contribution in [0.5, 0.6) is 0 Å². The fourth-order valence-corrected chi connectivity index (χ4v) is 3.99. The van der Waals surface area contributed by atoms with Crippen molar-refractivity contribution in [3.63, 3.8) is 0 Å². The van der Waals surface area contributed by atoms with Crippen LogP contribution in [0.25, 0.3) is 0 Å². The quantitative estimate of drug-likeness (QED) is 0.760. The fourth-order valence-electron chi connectivity index (χ4n) is 3.99. The SMILES string of the molecule is CN1CCNCC1C1(C2CCCC2)COC1. The zero-order chi connectivity index (χ0) is 11.0. The summed E-state index contributed by atoms with van der Waals surface area (Å²) in [7, 11) is 2.29. The Hall–Kier alpha value is -0.120. The van der Waals surface area contributed by atoms with Gasteiger partial charge in [0.05, 0.1) is 13.2 Å². The van der Waals surface area contributed by atoms with Crippen LogP contribution in [0, 0.1) is 11.3 Å². The summed E-state index contributed by atoms with van der Waals surface area (Å²) in [5, 5.41) is 3.57. The highest BCUT2D eigenvalue weighted by Gasteiger charge is 2.53. The van der Waals surface area contributed by atoms with Gasteiger partial charge in [-0.3, -0.25) is 0 Å². The third-order valence-electron chi connectivity index (χ3n) is 5.08. The molecule has 0 aromatic heterocycles. The second-order valence-electron chi connectivity index (χ2n) is 5.91. The number of nitrogens with zero attached hydrogens (tertiary/aromatic N) is 1. The lowest BCUT2D eigenvalue weighted by Crippen LogP contribution is -2.66. The largest absolute Gasteiger partial charge is 0.380 e. The first-order valence-electron chi connectivity index (χ1n) is 6.82. The molecule has 0 aromatic carbocycles. The van der Waals surface area contributed by atoms with Crippen LogP contribution in [0.15, 0.2) is 0 Å². The van der Waals surface area contributed by atoms with Gasteiger partial charge in [-0.15, -0.1) is 0 Å². The fraction of sp³-hybridized carbons (Fsp3) is 1.00. The molecule has 0 bridgehead atoms. The molecule has 0 amide bonds. The van der Waals surface area contributed by atoms with E-state index in [2.05, 4.69) is 17.3 Å². The molecule has 3 fully saturated rings. The van der Waals surface area contributed by atoms with Gasteiger partial charge >= 0.3 is 0 Å². The normalized spacial score (nSPS) is 36.2. The standard InChI is InChI=1S/C13H24N2O/c1-15-7-6-14-8-12(15)13(9-16-10-13)11-4-2-3-5-11/h11-12,14H,2-10H2,1H3. The molecule has 2 saturated heterocycles. The van der Waals surface area contributed by atoms with Gasteiger partial charge in [-0.2, -0.15) is 0 Å². The van der Waals surface area contributed by atoms with E-state index in [9.17, 15) is 0 Å². The summed E-state index contributed by atoms with van der Waals surface area (Å²) in [4.78, 5) is 2.57. The summed E-state index contributed by atoms with van der Waals surface area (Å²) in [5.74, 6) is 0.925. The van der Waals surface area contributed by atoms with Crippen molar-refractivity contribution >= 4 is 0 Å². The maximum Gasteiger partial charge on any atom is 0.0563 e. The van der Waals surface area contributed by atoms with E-state index in [0.717, 1.165) is 32.2 Å². The van der Waals surface area contributed by atoms with E-state index in [1.165, 1.54) is 32.2 Å². The average molecular weight is 224 g/mol. The van der Waals surface area contributed by atoms with E-state index < -0.39 is 0 Å². The predicted octanol–water partition coefficient (Wildman–Crippen LogP) is 1.10. The van der Waals surface area contributed by atoms with Gasteiger partial charge in [0, 0.05) is 31.1 Å².